The van der Waals surface area contributed by atoms with Gasteiger partial charge in [0.05, 0.1) is 11.1 Å². The molecule has 0 heterocycles. The van der Waals surface area contributed by atoms with Crippen LogP contribution in [-0.4, -0.2) is 22.2 Å². The van der Waals surface area contributed by atoms with Gasteiger partial charge in [0.2, 0.25) is 0 Å². The van der Waals surface area contributed by atoms with Crippen LogP contribution in [0.2, 0.25) is 0 Å². The Bertz CT molecular complexity index is 894. The number of hydrogen-bond donors (Lipinski definition) is 2. The van der Waals surface area contributed by atoms with E-state index in [0.29, 0.717) is 18.2 Å². The number of hydrogen-bond acceptors (Lipinski definition) is 3. The third-order valence-corrected chi connectivity index (χ3v) is 3.80. The Hall–Kier alpha value is -3.24. The second-order valence-electron chi connectivity index (χ2n) is 6.09. The summed E-state index contributed by atoms with van der Waals surface area (Å²) < 4.78 is 83.9. The van der Waals surface area contributed by atoms with Gasteiger partial charge >= 0.3 is 24.3 Å². The van der Waals surface area contributed by atoms with Crippen molar-refractivity contribution in [1.82, 2.24) is 0 Å². The van der Waals surface area contributed by atoms with Gasteiger partial charge in [-0.05, 0) is 24.1 Å². The number of aliphatic carboxylic acids is 2. The van der Waals surface area contributed by atoms with Crippen LogP contribution in [0, 0.1) is 0 Å². The molecule has 0 atom stereocenters. The van der Waals surface area contributed by atoms with Crippen LogP contribution >= 0.6 is 0 Å². The molecule has 0 bridgehead atoms. The fraction of sp³-hybridized carbons (Fsp3) is 0.300. The molecule has 2 aromatic carbocycles. The Morgan fingerprint density at radius 1 is 0.839 bits per heavy atom. The smallest absolute Gasteiger partial charge is 0.417 e. The molecule has 0 spiro atoms. The molecule has 0 fully saturated rings. The summed E-state index contributed by atoms with van der Waals surface area (Å²) >= 11 is 0. The van der Waals surface area contributed by atoms with Gasteiger partial charge in [-0.15, -0.1) is 0 Å². The maximum atomic E-state index is 13.2. The monoisotopic (exact) mass is 452 g/mol. The van der Waals surface area contributed by atoms with E-state index in [2.05, 4.69) is 0 Å². The van der Waals surface area contributed by atoms with Crippen LogP contribution in [0.25, 0.3) is 0 Å². The Balaban J connectivity index is 0.000000703. The second kappa shape index (κ2) is 10.7. The fourth-order valence-corrected chi connectivity index (χ4v) is 2.57. The predicted octanol–water partition coefficient (Wildman–Crippen LogP) is 5.41. The maximum absolute atomic E-state index is 13.2. The number of carbonyl (C=O) groups is 2. The third kappa shape index (κ3) is 7.83. The van der Waals surface area contributed by atoms with Crippen molar-refractivity contribution in [2.24, 2.45) is 0 Å². The molecule has 11 heteroatoms. The van der Waals surface area contributed by atoms with Gasteiger partial charge in [0.15, 0.2) is 0 Å². The van der Waals surface area contributed by atoms with Gasteiger partial charge in [0, 0.05) is 5.56 Å². The largest absolute Gasteiger partial charge is 0.489 e. The molecule has 2 aromatic rings. The van der Waals surface area contributed by atoms with Crippen molar-refractivity contribution < 1.29 is 50.9 Å². The molecule has 170 valence electrons. The Morgan fingerprint density at radius 3 is 1.87 bits per heavy atom. The molecule has 0 amide bonds. The van der Waals surface area contributed by atoms with E-state index >= 15 is 0 Å². The Kier molecular flexibility index (Phi) is 8.89. The average molecular weight is 452 g/mol. The number of halogens is 6. The highest BCUT2D eigenvalue weighted by atomic mass is 19.4. The molecule has 2 rings (SSSR count). The van der Waals surface area contributed by atoms with Crippen molar-refractivity contribution >= 4 is 11.9 Å². The summed E-state index contributed by atoms with van der Waals surface area (Å²) in [6.07, 6.45) is -8.77. The molecule has 0 radical (unpaired) electrons. The summed E-state index contributed by atoms with van der Waals surface area (Å²) in [5.41, 5.74) is -3.16. The predicted molar refractivity (Wildman–Crippen MR) is 96.5 cm³/mol. The first-order chi connectivity index (χ1) is 14.3. The van der Waals surface area contributed by atoms with Gasteiger partial charge in [-0.25, -0.2) is 9.59 Å². The minimum Gasteiger partial charge on any atom is -0.489 e. The van der Waals surface area contributed by atoms with Crippen molar-refractivity contribution in [1.29, 1.82) is 0 Å². The van der Waals surface area contributed by atoms with E-state index in [-0.39, 0.29) is 0 Å². The van der Waals surface area contributed by atoms with Gasteiger partial charge in [0.25, 0.3) is 0 Å². The first-order valence-electron chi connectivity index (χ1n) is 8.72. The third-order valence-electron chi connectivity index (χ3n) is 3.80. The van der Waals surface area contributed by atoms with Crippen LogP contribution in [0.1, 0.15) is 35.6 Å². The number of ether oxygens (including phenoxy) is 1. The molecular weight excluding hydrogens is 434 g/mol. The van der Waals surface area contributed by atoms with Gasteiger partial charge in [-0.2, -0.15) is 26.3 Å². The molecule has 31 heavy (non-hydrogen) atoms. The van der Waals surface area contributed by atoms with Crippen LogP contribution in [-0.2, 0) is 35.0 Å². The van der Waals surface area contributed by atoms with E-state index in [1.54, 1.807) is 24.3 Å². The molecule has 2 N–H and O–H groups in total. The summed E-state index contributed by atoms with van der Waals surface area (Å²) in [5.74, 6) is -3.28. The van der Waals surface area contributed by atoms with E-state index in [9.17, 15) is 26.3 Å². The lowest BCUT2D eigenvalue weighted by Crippen LogP contribution is -2.19. The molecule has 0 unspecified atom stereocenters. The summed E-state index contributed by atoms with van der Waals surface area (Å²) in [5, 5.41) is 14.8. The number of carboxylic acid groups (broad SMARTS) is 2. The topological polar surface area (TPSA) is 83.8 Å². The molecule has 5 nitrogen and oxygen atoms in total. The van der Waals surface area contributed by atoms with E-state index in [4.69, 9.17) is 24.5 Å². The number of para-hydroxylation sites is 1. The standard InChI is InChI=1S/C18H16F6O.C2H2O4/c1-2-6-12-7-3-4-10-15(12)25-11-13-8-5-9-14(17(19,20)21)16(13)18(22,23)24;3-1(4)2(5)6/h3-5,7-10H,2,6,11H2,1H3;(H,3,4)(H,5,6). The Morgan fingerprint density at radius 2 is 1.39 bits per heavy atom. The molecule has 0 saturated carbocycles. The van der Waals surface area contributed by atoms with Crippen molar-refractivity contribution in [3.8, 4) is 5.75 Å². The van der Waals surface area contributed by atoms with Gasteiger partial charge in [-0.1, -0.05) is 43.7 Å². The van der Waals surface area contributed by atoms with Crippen molar-refractivity contribution in [3.05, 3.63) is 64.7 Å². The minimum absolute atomic E-state index is 0.370. The van der Waals surface area contributed by atoms with Gasteiger partial charge in [0.1, 0.15) is 12.4 Å². The van der Waals surface area contributed by atoms with Crippen LogP contribution in [0.4, 0.5) is 26.3 Å². The van der Waals surface area contributed by atoms with Crippen molar-refractivity contribution in [3.63, 3.8) is 0 Å². The van der Waals surface area contributed by atoms with E-state index in [1.165, 1.54) is 0 Å². The highest BCUT2D eigenvalue weighted by Gasteiger charge is 2.44. The number of rotatable bonds is 5. The van der Waals surface area contributed by atoms with E-state index in [0.717, 1.165) is 24.1 Å². The lowest BCUT2D eigenvalue weighted by Gasteiger charge is -2.20. The number of alkyl halides is 6. The molecule has 0 aliphatic carbocycles. The van der Waals surface area contributed by atoms with Crippen molar-refractivity contribution in [2.75, 3.05) is 0 Å². The highest BCUT2D eigenvalue weighted by Crippen LogP contribution is 2.42. The van der Waals surface area contributed by atoms with Gasteiger partial charge in [-0.3, -0.25) is 0 Å². The zero-order valence-electron chi connectivity index (χ0n) is 16.0. The maximum Gasteiger partial charge on any atom is 0.417 e. The Labute approximate surface area is 172 Å². The van der Waals surface area contributed by atoms with E-state index < -0.39 is 47.6 Å². The summed E-state index contributed by atoms with van der Waals surface area (Å²) in [7, 11) is 0. The zero-order valence-corrected chi connectivity index (χ0v) is 16.0. The van der Waals surface area contributed by atoms with Crippen LogP contribution < -0.4 is 4.74 Å². The van der Waals surface area contributed by atoms with Crippen molar-refractivity contribution in [2.45, 2.75) is 38.7 Å². The lowest BCUT2D eigenvalue weighted by atomic mass is 10.0. The first-order valence-corrected chi connectivity index (χ1v) is 8.72. The zero-order chi connectivity index (χ0) is 23.8. The number of benzene rings is 2. The van der Waals surface area contributed by atoms with Crippen LogP contribution in [0.3, 0.4) is 0 Å². The quantitative estimate of drug-likeness (QED) is 0.468. The molecule has 0 aliphatic heterocycles. The molecular formula is C20H18F6O5. The minimum atomic E-state index is -5.13. The van der Waals surface area contributed by atoms with Crippen LogP contribution in [0.15, 0.2) is 42.5 Å². The molecule has 0 aromatic heterocycles. The number of carboxylic acids is 2. The molecule has 0 aliphatic rings. The fourth-order valence-electron chi connectivity index (χ4n) is 2.57. The second-order valence-corrected chi connectivity index (χ2v) is 6.09. The first kappa shape index (κ1) is 25.8. The summed E-state index contributed by atoms with van der Waals surface area (Å²) in [6, 6.07) is 9.17. The normalized spacial score (nSPS) is 11.3. The van der Waals surface area contributed by atoms with Gasteiger partial charge < -0.3 is 14.9 Å². The summed E-state index contributed by atoms with van der Waals surface area (Å²) in [6.45, 7) is 1.34. The highest BCUT2D eigenvalue weighted by molar-refractivity contribution is 6.27. The SMILES string of the molecule is CCCc1ccccc1OCc1cccc(C(F)(F)F)c1C(F)(F)F.O=C(O)C(=O)O. The average Bonchev–Trinajstić information content (AvgIpc) is 2.66. The van der Waals surface area contributed by atoms with Crippen LogP contribution in [0.5, 0.6) is 5.75 Å². The lowest BCUT2D eigenvalue weighted by molar-refractivity contribution is -0.162. The summed E-state index contributed by atoms with van der Waals surface area (Å²) in [4.78, 5) is 18.2. The number of aryl methyl sites for hydroxylation is 1. The van der Waals surface area contributed by atoms with E-state index in [1.807, 2.05) is 6.92 Å². The molecule has 0 saturated heterocycles.